The summed E-state index contributed by atoms with van der Waals surface area (Å²) in [7, 11) is -6.19. The number of rotatable bonds is 7. The number of terminal acetylenes is 1. The summed E-state index contributed by atoms with van der Waals surface area (Å²) >= 11 is 0.724. The van der Waals surface area contributed by atoms with E-state index >= 15 is 0 Å². The molecule has 0 spiro atoms. The molecule has 0 bridgehead atoms. The Morgan fingerprint density at radius 2 is 1.63 bits per heavy atom. The van der Waals surface area contributed by atoms with E-state index in [4.69, 9.17) is 11.2 Å². The zero-order valence-corrected chi connectivity index (χ0v) is 20.7. The smallest absolute Gasteiger partial charge is 0.448 e. The fourth-order valence-electron chi connectivity index (χ4n) is 3.83. The first-order chi connectivity index (χ1) is 18.0. The summed E-state index contributed by atoms with van der Waals surface area (Å²) in [5.74, 6) is -6.10. The molecule has 1 saturated heterocycles. The van der Waals surface area contributed by atoms with Crippen molar-refractivity contribution in [2.24, 2.45) is 5.92 Å². The van der Waals surface area contributed by atoms with Crippen molar-refractivity contribution in [1.82, 2.24) is 10.2 Å². The first-order valence-electron chi connectivity index (χ1n) is 10.7. The normalized spacial score (nSPS) is 19.2. The maximum atomic E-state index is 13.5. The summed E-state index contributed by atoms with van der Waals surface area (Å²) in [4.78, 5) is 39.3. The molecule has 2 aliphatic heterocycles. The molecule has 2 unspecified atom stereocenters. The first kappa shape index (κ1) is 27.1. The maximum absolute atomic E-state index is 13.5. The lowest BCUT2D eigenvalue weighted by molar-refractivity contribution is -0.160. The predicted molar refractivity (Wildman–Crippen MR) is 127 cm³/mol. The van der Waals surface area contributed by atoms with Gasteiger partial charge >= 0.3 is 21.6 Å². The number of β-lactam (4-membered cyclic amide) rings is 1. The number of nitrogens with zero attached hydrogens (tertiary/aromatic N) is 1. The van der Waals surface area contributed by atoms with Crippen LogP contribution in [0.3, 0.4) is 0 Å². The molecule has 38 heavy (non-hydrogen) atoms. The highest BCUT2D eigenvalue weighted by Gasteiger charge is 2.59. The molecule has 2 aromatic rings. The van der Waals surface area contributed by atoms with Gasteiger partial charge in [0.1, 0.15) is 11.3 Å². The van der Waals surface area contributed by atoms with Crippen LogP contribution in [-0.4, -0.2) is 47.7 Å². The number of esters is 1. The van der Waals surface area contributed by atoms with E-state index in [-0.39, 0.29) is 0 Å². The highest BCUT2D eigenvalue weighted by Crippen LogP contribution is 2.46. The number of benzene rings is 2. The molecule has 2 amide bonds. The Morgan fingerprint density at radius 3 is 2.13 bits per heavy atom. The zero-order chi connectivity index (χ0) is 27.7. The minimum atomic E-state index is -6.19. The summed E-state index contributed by atoms with van der Waals surface area (Å²) in [6.07, 6.45) is 3.96. The number of alkyl halides is 3. The Kier molecular flexibility index (Phi) is 7.43. The lowest BCUT2D eigenvalue weighted by atomic mass is 9.95. The molecule has 0 aliphatic carbocycles. The maximum Gasteiger partial charge on any atom is 0.534 e. The average Bonchev–Trinajstić information content (AvgIpc) is 2.87. The van der Waals surface area contributed by atoms with Gasteiger partial charge in [-0.05, 0) is 11.1 Å². The van der Waals surface area contributed by atoms with E-state index in [2.05, 4.69) is 4.18 Å². The summed E-state index contributed by atoms with van der Waals surface area (Å²) in [5, 5.41) is 0.956. The third-order valence-electron chi connectivity index (χ3n) is 5.53. The molecule has 198 valence electrons. The summed E-state index contributed by atoms with van der Waals surface area (Å²) in [5.41, 5.74) is -5.68. The highest BCUT2D eigenvalue weighted by atomic mass is 32.2. The van der Waals surface area contributed by atoms with E-state index in [1.165, 1.54) is 0 Å². The van der Waals surface area contributed by atoms with Gasteiger partial charge in [0.15, 0.2) is 17.6 Å². The topological polar surface area (TPSA) is 119 Å². The van der Waals surface area contributed by atoms with E-state index in [0.717, 1.165) is 11.8 Å². The Hall–Kier alpha value is -3.96. The number of nitrogens with one attached hydrogen (secondary N) is 1. The molecule has 1 N–H and O–H groups in total. The standard InChI is InChI=1S/C24H17F3N2O7S2/c1-2-28-20(30)17-21(31)29-18(16(13-37-22(17)29)36-38(33,34)24(25,26)27)23(32)35-19(14-9-5-3-6-10-14)15-11-7-4-8-12-15/h1,3-12,17,19,22H,13H2,(H,28,30). The van der Waals surface area contributed by atoms with E-state index in [1.54, 1.807) is 60.7 Å². The SMILES string of the molecule is C#CNC(=O)C1C(=O)N2C(C(=O)OC(c3ccccc3)c3ccccc3)=C(OS(=O)(=O)C(F)(F)F)CSC12. The van der Waals surface area contributed by atoms with Gasteiger partial charge in [-0.2, -0.15) is 21.6 Å². The molecule has 0 aromatic heterocycles. The van der Waals surface area contributed by atoms with Crippen molar-refractivity contribution in [3.63, 3.8) is 0 Å². The minimum absolute atomic E-state index is 0.487. The zero-order valence-electron chi connectivity index (χ0n) is 19.0. The number of carbonyl (C=O) groups excluding carboxylic acids is 3. The number of thioether (sulfide) groups is 1. The molecule has 4 rings (SSSR count). The second-order valence-corrected chi connectivity index (χ2v) is 10.5. The largest absolute Gasteiger partial charge is 0.534 e. The molecule has 14 heteroatoms. The van der Waals surface area contributed by atoms with Crippen molar-refractivity contribution < 1.29 is 44.9 Å². The van der Waals surface area contributed by atoms with Gasteiger partial charge in [-0.1, -0.05) is 67.1 Å². The van der Waals surface area contributed by atoms with Crippen LogP contribution >= 0.6 is 11.8 Å². The van der Waals surface area contributed by atoms with Gasteiger partial charge in [-0.15, -0.1) is 11.8 Å². The molecule has 9 nitrogen and oxygen atoms in total. The van der Waals surface area contributed by atoms with Gasteiger partial charge in [0.25, 0.3) is 0 Å². The van der Waals surface area contributed by atoms with Crippen LogP contribution in [0, 0.1) is 18.4 Å². The second-order valence-electron chi connectivity index (χ2n) is 7.88. The van der Waals surface area contributed by atoms with Crippen molar-refractivity contribution in [3.8, 4) is 12.5 Å². The third-order valence-corrected chi connectivity index (χ3v) is 7.77. The quantitative estimate of drug-likeness (QED) is 0.103. The third kappa shape index (κ3) is 5.07. The van der Waals surface area contributed by atoms with E-state index in [9.17, 15) is 36.0 Å². The van der Waals surface area contributed by atoms with Crippen LogP contribution in [0.4, 0.5) is 13.2 Å². The molecule has 0 saturated carbocycles. The van der Waals surface area contributed by atoms with Crippen molar-refractivity contribution in [1.29, 1.82) is 0 Å². The van der Waals surface area contributed by atoms with Crippen LogP contribution in [0.2, 0.25) is 0 Å². The van der Waals surface area contributed by atoms with Crippen LogP contribution in [0.1, 0.15) is 17.2 Å². The summed E-state index contributed by atoms with van der Waals surface area (Å²) in [6.45, 7) is 0. The van der Waals surface area contributed by atoms with E-state index < -0.39 is 68.0 Å². The van der Waals surface area contributed by atoms with Gasteiger partial charge < -0.3 is 8.92 Å². The van der Waals surface area contributed by atoms with Gasteiger partial charge in [0.2, 0.25) is 11.8 Å². The highest BCUT2D eigenvalue weighted by molar-refractivity contribution is 8.00. The fraction of sp³-hybridized carbons (Fsp3) is 0.208. The second kappa shape index (κ2) is 10.4. The number of ether oxygens (including phenoxy) is 1. The van der Waals surface area contributed by atoms with Crippen LogP contribution in [0.25, 0.3) is 0 Å². The van der Waals surface area contributed by atoms with Crippen LogP contribution in [0.5, 0.6) is 0 Å². The van der Waals surface area contributed by atoms with Crippen LogP contribution < -0.4 is 5.32 Å². The lowest BCUT2D eigenvalue weighted by Gasteiger charge is -2.48. The van der Waals surface area contributed by atoms with Crippen LogP contribution in [-0.2, 0) is 33.4 Å². The van der Waals surface area contributed by atoms with Crippen molar-refractivity contribution in [3.05, 3.63) is 83.2 Å². The van der Waals surface area contributed by atoms with Gasteiger partial charge in [-0.3, -0.25) is 19.8 Å². The molecule has 2 atom stereocenters. The Labute approximate surface area is 219 Å². The minimum Gasteiger partial charge on any atom is -0.448 e. The molecular weight excluding hydrogens is 549 g/mol. The Morgan fingerprint density at radius 1 is 1.08 bits per heavy atom. The van der Waals surface area contributed by atoms with E-state index in [0.29, 0.717) is 16.0 Å². The number of fused-ring (bicyclic) bond motifs is 1. The number of amides is 2. The Balaban J connectivity index is 1.75. The molecule has 2 heterocycles. The molecule has 2 aromatic carbocycles. The van der Waals surface area contributed by atoms with Gasteiger partial charge in [-0.25, -0.2) is 4.79 Å². The number of halogens is 3. The summed E-state index contributed by atoms with van der Waals surface area (Å²) < 4.78 is 72.7. The number of hydrogen-bond acceptors (Lipinski definition) is 8. The van der Waals surface area contributed by atoms with Gasteiger partial charge in [0.05, 0.1) is 5.75 Å². The van der Waals surface area contributed by atoms with E-state index in [1.807, 2.05) is 11.4 Å². The fourth-order valence-corrected chi connectivity index (χ4v) is 5.71. The molecule has 0 radical (unpaired) electrons. The number of hydrogen-bond donors (Lipinski definition) is 1. The molecule has 1 fully saturated rings. The first-order valence-corrected chi connectivity index (χ1v) is 13.2. The van der Waals surface area contributed by atoms with Crippen molar-refractivity contribution >= 4 is 39.7 Å². The lowest BCUT2D eigenvalue weighted by Crippen LogP contribution is -2.65. The molecular formula is C24H17F3N2O7S2. The average molecular weight is 567 g/mol. The van der Waals surface area contributed by atoms with Crippen molar-refractivity contribution in [2.45, 2.75) is 17.0 Å². The molecule has 2 aliphatic rings. The monoisotopic (exact) mass is 566 g/mol. The Bertz CT molecular complexity index is 1400. The number of carbonyl (C=O) groups is 3. The van der Waals surface area contributed by atoms with Crippen molar-refractivity contribution in [2.75, 3.05) is 5.75 Å². The van der Waals surface area contributed by atoms with Crippen LogP contribution in [0.15, 0.2) is 72.1 Å². The summed E-state index contributed by atoms with van der Waals surface area (Å²) in [6, 6.07) is 18.5. The van der Waals surface area contributed by atoms with Gasteiger partial charge in [0, 0.05) is 6.04 Å². The predicted octanol–water partition coefficient (Wildman–Crippen LogP) is 2.64.